The van der Waals surface area contributed by atoms with Crippen molar-refractivity contribution in [3.05, 3.63) is 23.8 Å². The zero-order valence-electron chi connectivity index (χ0n) is 12.9. The number of aliphatic carboxylic acids is 1. The molecule has 0 unspecified atom stereocenters. The molecule has 1 aromatic carbocycles. The molecular formula is C16H21NO5. The highest BCUT2D eigenvalue weighted by molar-refractivity contribution is 5.84. The molecule has 0 spiro atoms. The Morgan fingerprint density at radius 3 is 2.82 bits per heavy atom. The molecule has 2 rings (SSSR count). The minimum atomic E-state index is -0.938. The van der Waals surface area contributed by atoms with E-state index in [1.165, 1.54) is 4.90 Å². The fourth-order valence-electron chi connectivity index (χ4n) is 2.61. The van der Waals surface area contributed by atoms with E-state index in [9.17, 15) is 9.59 Å². The summed E-state index contributed by atoms with van der Waals surface area (Å²) in [5.41, 5.74) is 1.06. The number of aryl methyl sites for hydroxylation is 1. The molecular weight excluding hydrogens is 286 g/mol. The first-order valence-electron chi connectivity index (χ1n) is 7.32. The Morgan fingerprint density at radius 1 is 1.36 bits per heavy atom. The maximum atomic E-state index is 12.1. The summed E-state index contributed by atoms with van der Waals surface area (Å²) in [6.07, 6.45) is 1.41. The Morgan fingerprint density at radius 2 is 2.14 bits per heavy atom. The van der Waals surface area contributed by atoms with Crippen LogP contribution >= 0.6 is 0 Å². The molecule has 1 atom stereocenters. The van der Waals surface area contributed by atoms with Crippen LogP contribution in [0.2, 0.25) is 0 Å². The van der Waals surface area contributed by atoms with Crippen molar-refractivity contribution < 1.29 is 24.2 Å². The number of nitrogens with zero attached hydrogens (tertiary/aromatic N) is 1. The van der Waals surface area contributed by atoms with Gasteiger partial charge in [0, 0.05) is 6.54 Å². The number of hydrogen-bond acceptors (Lipinski definition) is 4. The van der Waals surface area contributed by atoms with Gasteiger partial charge < -0.3 is 19.5 Å². The molecule has 120 valence electrons. The molecule has 1 heterocycles. The van der Waals surface area contributed by atoms with E-state index >= 15 is 0 Å². The molecule has 1 saturated heterocycles. The molecule has 0 bridgehead atoms. The molecule has 0 radical (unpaired) electrons. The molecule has 0 aromatic heterocycles. The van der Waals surface area contributed by atoms with Gasteiger partial charge >= 0.3 is 5.97 Å². The third-order valence-electron chi connectivity index (χ3n) is 3.75. The average Bonchev–Trinajstić information content (AvgIpc) is 2.98. The number of carboxylic acid groups (broad SMARTS) is 1. The number of rotatable bonds is 6. The smallest absolute Gasteiger partial charge is 0.326 e. The number of amides is 1. The predicted octanol–water partition coefficient (Wildman–Crippen LogP) is 1.85. The number of benzene rings is 1. The van der Waals surface area contributed by atoms with Gasteiger partial charge in [0.15, 0.2) is 11.5 Å². The summed E-state index contributed by atoms with van der Waals surface area (Å²) in [6, 6.07) is 4.87. The zero-order valence-corrected chi connectivity index (χ0v) is 12.9. The van der Waals surface area contributed by atoms with Crippen LogP contribution in [0.4, 0.5) is 0 Å². The summed E-state index contributed by atoms with van der Waals surface area (Å²) in [7, 11) is 1.56. The van der Waals surface area contributed by atoms with E-state index in [0.717, 1.165) is 12.0 Å². The van der Waals surface area contributed by atoms with E-state index in [4.69, 9.17) is 14.6 Å². The van der Waals surface area contributed by atoms with Crippen molar-refractivity contribution in [3.8, 4) is 11.5 Å². The lowest BCUT2D eigenvalue weighted by Crippen LogP contribution is -2.40. The van der Waals surface area contributed by atoms with Crippen LogP contribution in [0.3, 0.4) is 0 Å². The molecule has 1 aliphatic heterocycles. The molecule has 6 heteroatoms. The van der Waals surface area contributed by atoms with Gasteiger partial charge in [-0.15, -0.1) is 0 Å². The first-order valence-corrected chi connectivity index (χ1v) is 7.32. The van der Waals surface area contributed by atoms with E-state index in [2.05, 4.69) is 0 Å². The summed E-state index contributed by atoms with van der Waals surface area (Å²) < 4.78 is 10.8. The maximum Gasteiger partial charge on any atom is 0.326 e. The summed E-state index contributed by atoms with van der Waals surface area (Å²) in [4.78, 5) is 24.6. The molecule has 1 N–H and O–H groups in total. The second-order valence-electron chi connectivity index (χ2n) is 5.34. The predicted molar refractivity (Wildman–Crippen MR) is 80.2 cm³/mol. The first kappa shape index (κ1) is 16.1. The molecule has 1 fully saturated rings. The van der Waals surface area contributed by atoms with E-state index in [1.54, 1.807) is 13.2 Å². The Hall–Kier alpha value is -2.24. The van der Waals surface area contributed by atoms with Crippen molar-refractivity contribution in [1.82, 2.24) is 4.90 Å². The van der Waals surface area contributed by atoms with Crippen LogP contribution < -0.4 is 9.47 Å². The van der Waals surface area contributed by atoms with Gasteiger partial charge in [0.25, 0.3) is 0 Å². The number of hydrogen-bond donors (Lipinski definition) is 1. The first-order chi connectivity index (χ1) is 10.5. The number of methoxy groups -OCH3 is 1. The molecule has 1 aromatic rings. The van der Waals surface area contributed by atoms with Crippen LogP contribution in [0.25, 0.3) is 0 Å². The van der Waals surface area contributed by atoms with Crippen LogP contribution in [-0.2, 0) is 9.59 Å². The van der Waals surface area contributed by atoms with Crippen molar-refractivity contribution in [2.24, 2.45) is 0 Å². The molecule has 0 aliphatic carbocycles. The molecule has 1 amide bonds. The van der Waals surface area contributed by atoms with E-state index < -0.39 is 12.0 Å². The number of carbonyl (C=O) groups is 2. The van der Waals surface area contributed by atoms with Gasteiger partial charge in [-0.1, -0.05) is 6.07 Å². The summed E-state index contributed by atoms with van der Waals surface area (Å²) in [5, 5.41) is 9.09. The van der Waals surface area contributed by atoms with Crippen molar-refractivity contribution in [3.63, 3.8) is 0 Å². The Balaban J connectivity index is 1.88. The number of carbonyl (C=O) groups excluding carboxylic acids is 1. The lowest BCUT2D eigenvalue weighted by molar-refractivity contribution is -0.148. The van der Waals surface area contributed by atoms with E-state index in [1.807, 2.05) is 19.1 Å². The topological polar surface area (TPSA) is 76.1 Å². The standard InChI is InChI=1S/C16H21NO5/c1-11-5-6-13(14(10-11)21-2)22-9-7-15(18)17-8-3-4-12(17)16(19)20/h5-6,10,12H,3-4,7-9H2,1-2H3,(H,19,20)/t12-/m0/s1. The zero-order chi connectivity index (χ0) is 16.1. The second-order valence-corrected chi connectivity index (χ2v) is 5.34. The fourth-order valence-corrected chi connectivity index (χ4v) is 2.61. The molecule has 22 heavy (non-hydrogen) atoms. The van der Waals surface area contributed by atoms with Gasteiger partial charge in [-0.3, -0.25) is 4.79 Å². The lowest BCUT2D eigenvalue weighted by atomic mass is 10.2. The third kappa shape index (κ3) is 3.69. The Labute approximate surface area is 129 Å². The van der Waals surface area contributed by atoms with Crippen molar-refractivity contribution in [2.75, 3.05) is 20.3 Å². The van der Waals surface area contributed by atoms with E-state index in [-0.39, 0.29) is 18.9 Å². The lowest BCUT2D eigenvalue weighted by Gasteiger charge is -2.21. The van der Waals surface area contributed by atoms with Crippen LogP contribution in [0, 0.1) is 6.92 Å². The van der Waals surface area contributed by atoms with Crippen molar-refractivity contribution in [2.45, 2.75) is 32.2 Å². The van der Waals surface area contributed by atoms with Crippen LogP contribution in [-0.4, -0.2) is 48.2 Å². The number of ether oxygens (including phenoxy) is 2. The molecule has 6 nitrogen and oxygen atoms in total. The van der Waals surface area contributed by atoms with Crippen molar-refractivity contribution >= 4 is 11.9 Å². The molecule has 0 saturated carbocycles. The number of likely N-dealkylation sites (tertiary alicyclic amines) is 1. The summed E-state index contributed by atoms with van der Waals surface area (Å²) in [6.45, 7) is 2.65. The quantitative estimate of drug-likeness (QED) is 0.868. The number of carboxylic acids is 1. The van der Waals surface area contributed by atoms with Gasteiger partial charge in [0.2, 0.25) is 5.91 Å². The maximum absolute atomic E-state index is 12.1. The highest BCUT2D eigenvalue weighted by Gasteiger charge is 2.33. The van der Waals surface area contributed by atoms with E-state index in [0.29, 0.717) is 24.5 Å². The molecule has 1 aliphatic rings. The third-order valence-corrected chi connectivity index (χ3v) is 3.75. The SMILES string of the molecule is COc1cc(C)ccc1OCCC(=O)N1CCC[C@H]1C(=O)O. The highest BCUT2D eigenvalue weighted by Crippen LogP contribution is 2.28. The highest BCUT2D eigenvalue weighted by atomic mass is 16.5. The Bertz CT molecular complexity index is 557. The largest absolute Gasteiger partial charge is 0.493 e. The summed E-state index contributed by atoms with van der Waals surface area (Å²) >= 11 is 0. The van der Waals surface area contributed by atoms with Crippen LogP contribution in [0.5, 0.6) is 11.5 Å². The van der Waals surface area contributed by atoms with Crippen molar-refractivity contribution in [1.29, 1.82) is 0 Å². The minimum absolute atomic E-state index is 0.154. The van der Waals surface area contributed by atoms with Gasteiger partial charge in [-0.2, -0.15) is 0 Å². The summed E-state index contributed by atoms with van der Waals surface area (Å²) in [5.74, 6) is 0.0806. The second kappa shape index (κ2) is 7.15. The van der Waals surface area contributed by atoms with Gasteiger partial charge in [0.1, 0.15) is 6.04 Å². The van der Waals surface area contributed by atoms with Gasteiger partial charge in [-0.05, 0) is 37.5 Å². The average molecular weight is 307 g/mol. The van der Waals surface area contributed by atoms with Gasteiger partial charge in [0.05, 0.1) is 20.1 Å². The van der Waals surface area contributed by atoms with Crippen LogP contribution in [0.1, 0.15) is 24.8 Å². The normalized spacial score (nSPS) is 17.4. The van der Waals surface area contributed by atoms with Crippen LogP contribution in [0.15, 0.2) is 18.2 Å². The Kier molecular flexibility index (Phi) is 5.25. The fraction of sp³-hybridized carbons (Fsp3) is 0.500. The minimum Gasteiger partial charge on any atom is -0.493 e. The van der Waals surface area contributed by atoms with Gasteiger partial charge in [-0.25, -0.2) is 4.79 Å². The monoisotopic (exact) mass is 307 g/mol.